The lowest BCUT2D eigenvalue weighted by Gasteiger charge is -2.46. The van der Waals surface area contributed by atoms with E-state index in [9.17, 15) is 9.00 Å². The predicted octanol–water partition coefficient (Wildman–Crippen LogP) is 3.75. The Balaban J connectivity index is 2.17. The molecule has 156 valence electrons. The molecule has 7 heteroatoms. The van der Waals surface area contributed by atoms with Crippen LogP contribution in [0.4, 0.5) is 4.79 Å². The highest BCUT2D eigenvalue weighted by Crippen LogP contribution is 2.48. The first-order chi connectivity index (χ1) is 12.4. The summed E-state index contributed by atoms with van der Waals surface area (Å²) in [6, 6.07) is -0.0581. The molecular formula is C20H36N2O4S. The summed E-state index contributed by atoms with van der Waals surface area (Å²) in [6.45, 7) is 16.3. The molecule has 0 aromatic rings. The van der Waals surface area contributed by atoms with Crippen molar-refractivity contribution in [1.82, 2.24) is 9.62 Å². The maximum atomic E-state index is 12.8. The number of rotatable bonds is 4. The Kier molecular flexibility index (Phi) is 6.67. The van der Waals surface area contributed by atoms with Gasteiger partial charge in [-0.05, 0) is 72.6 Å². The van der Waals surface area contributed by atoms with Crippen molar-refractivity contribution in [1.29, 1.82) is 0 Å². The van der Waals surface area contributed by atoms with Gasteiger partial charge in [-0.3, -0.25) is 0 Å². The SMILES string of the molecule is C=CO[C@H]1CCC2(CCN(C(=O)OC(C)(C)C)CC2N[S@](=O)C(C)(C)C)C1. The maximum Gasteiger partial charge on any atom is 0.410 e. The van der Waals surface area contributed by atoms with Crippen LogP contribution in [0.3, 0.4) is 0 Å². The molecule has 0 aromatic carbocycles. The lowest BCUT2D eigenvalue weighted by molar-refractivity contribution is 0.00138. The van der Waals surface area contributed by atoms with E-state index in [4.69, 9.17) is 9.47 Å². The van der Waals surface area contributed by atoms with Crippen molar-refractivity contribution in [3.8, 4) is 0 Å². The molecule has 27 heavy (non-hydrogen) atoms. The molecule has 0 radical (unpaired) electrons. The zero-order chi connectivity index (χ0) is 20.5. The molecular weight excluding hydrogens is 364 g/mol. The number of likely N-dealkylation sites (tertiary alicyclic amines) is 1. The molecule has 4 atom stereocenters. The summed E-state index contributed by atoms with van der Waals surface area (Å²) >= 11 is 0. The van der Waals surface area contributed by atoms with E-state index in [1.807, 2.05) is 41.5 Å². The normalized spacial score (nSPS) is 30.2. The third-order valence-electron chi connectivity index (χ3n) is 5.37. The second-order valence-electron chi connectivity index (χ2n) is 9.76. The summed E-state index contributed by atoms with van der Waals surface area (Å²) in [6.07, 6.45) is 5.04. The van der Waals surface area contributed by atoms with E-state index < -0.39 is 16.6 Å². The fourth-order valence-corrected chi connectivity index (χ4v) is 4.84. The van der Waals surface area contributed by atoms with E-state index in [1.165, 1.54) is 6.26 Å². The molecule has 2 unspecified atom stereocenters. The van der Waals surface area contributed by atoms with Crippen molar-refractivity contribution in [3.05, 3.63) is 12.8 Å². The summed E-state index contributed by atoms with van der Waals surface area (Å²) in [5, 5.41) is 0. The molecule has 1 heterocycles. The minimum atomic E-state index is -1.21. The van der Waals surface area contributed by atoms with Crippen LogP contribution >= 0.6 is 0 Å². The summed E-state index contributed by atoms with van der Waals surface area (Å²) < 4.78 is 27.0. The maximum absolute atomic E-state index is 12.8. The fraction of sp³-hybridized carbons (Fsp3) is 0.850. The third kappa shape index (κ3) is 5.70. The number of piperidine rings is 1. The molecule has 1 amide bonds. The van der Waals surface area contributed by atoms with Crippen LogP contribution in [0.2, 0.25) is 0 Å². The number of hydrogen-bond acceptors (Lipinski definition) is 4. The zero-order valence-electron chi connectivity index (χ0n) is 17.7. The molecule has 6 nitrogen and oxygen atoms in total. The highest BCUT2D eigenvalue weighted by atomic mass is 32.2. The molecule has 1 saturated heterocycles. The Morgan fingerprint density at radius 3 is 2.48 bits per heavy atom. The highest BCUT2D eigenvalue weighted by molar-refractivity contribution is 7.84. The van der Waals surface area contributed by atoms with Gasteiger partial charge in [-0.1, -0.05) is 6.58 Å². The van der Waals surface area contributed by atoms with Gasteiger partial charge in [-0.25, -0.2) is 13.7 Å². The molecule has 1 aliphatic heterocycles. The second-order valence-corrected chi connectivity index (χ2v) is 11.8. The molecule has 0 aromatic heterocycles. The van der Waals surface area contributed by atoms with Crippen molar-refractivity contribution in [2.75, 3.05) is 13.1 Å². The topological polar surface area (TPSA) is 67.9 Å². The van der Waals surface area contributed by atoms with Gasteiger partial charge in [0.1, 0.15) is 5.60 Å². The number of hydrogen-bond donors (Lipinski definition) is 1. The second kappa shape index (κ2) is 8.11. The molecule has 1 aliphatic carbocycles. The molecule has 2 rings (SSSR count). The van der Waals surface area contributed by atoms with E-state index >= 15 is 0 Å². The Bertz CT molecular complexity index is 582. The van der Waals surface area contributed by atoms with Crippen LogP contribution in [0, 0.1) is 5.41 Å². The van der Waals surface area contributed by atoms with Gasteiger partial charge in [0.25, 0.3) is 0 Å². The first kappa shape index (κ1) is 22.2. The molecule has 2 fully saturated rings. The number of carbonyl (C=O) groups is 1. The number of nitrogens with zero attached hydrogens (tertiary/aromatic N) is 1. The van der Waals surface area contributed by atoms with Crippen molar-refractivity contribution in [3.63, 3.8) is 0 Å². The van der Waals surface area contributed by atoms with Gasteiger partial charge in [0.05, 0.1) is 28.1 Å². The third-order valence-corrected chi connectivity index (χ3v) is 6.98. The van der Waals surface area contributed by atoms with Gasteiger partial charge in [-0.15, -0.1) is 0 Å². The van der Waals surface area contributed by atoms with Crippen LogP contribution in [0.15, 0.2) is 12.8 Å². The standard InChI is InChI=1S/C20H36N2O4S/c1-8-25-15-9-10-20(13-15)11-12-22(17(23)26-18(2,3)4)14-16(20)21-27(24)19(5,6)7/h8,15-16,21H,1,9-14H2,2-7H3/t15-,16?,20?,27+/m0/s1. The Hall–Kier alpha value is -1.08. The minimum Gasteiger partial charge on any atom is -0.499 e. The summed E-state index contributed by atoms with van der Waals surface area (Å²) in [5.74, 6) is 0. The quantitative estimate of drug-likeness (QED) is 0.730. The van der Waals surface area contributed by atoms with Gasteiger partial charge in [0, 0.05) is 19.1 Å². The molecule has 0 bridgehead atoms. The summed E-state index contributed by atoms with van der Waals surface area (Å²) in [4.78, 5) is 14.3. The summed E-state index contributed by atoms with van der Waals surface area (Å²) in [5.41, 5.74) is -0.549. The van der Waals surface area contributed by atoms with Crippen LogP contribution in [0.5, 0.6) is 0 Å². The lowest BCUT2D eigenvalue weighted by atomic mass is 9.73. The largest absolute Gasteiger partial charge is 0.499 e. The minimum absolute atomic E-state index is 0.0207. The average molecular weight is 401 g/mol. The predicted molar refractivity (Wildman–Crippen MR) is 109 cm³/mol. The van der Waals surface area contributed by atoms with Crippen molar-refractivity contribution >= 4 is 17.1 Å². The number of amides is 1. The molecule has 1 saturated carbocycles. The van der Waals surface area contributed by atoms with E-state index in [1.54, 1.807) is 4.90 Å². The van der Waals surface area contributed by atoms with Gasteiger partial charge in [0.2, 0.25) is 0 Å². The fourth-order valence-electron chi connectivity index (χ4n) is 3.90. The molecule has 1 spiro atoms. The van der Waals surface area contributed by atoms with Crippen molar-refractivity contribution < 1.29 is 18.5 Å². The van der Waals surface area contributed by atoms with Gasteiger partial charge in [-0.2, -0.15) is 0 Å². The van der Waals surface area contributed by atoms with Gasteiger partial charge < -0.3 is 14.4 Å². The molecule has 2 aliphatic rings. The highest BCUT2D eigenvalue weighted by Gasteiger charge is 2.50. The van der Waals surface area contributed by atoms with Gasteiger partial charge in [0.15, 0.2) is 0 Å². The van der Waals surface area contributed by atoms with E-state index in [-0.39, 0.29) is 28.4 Å². The first-order valence-electron chi connectivity index (χ1n) is 9.79. The molecule has 1 N–H and O–H groups in total. The van der Waals surface area contributed by atoms with E-state index in [0.717, 1.165) is 25.7 Å². The van der Waals surface area contributed by atoms with E-state index in [2.05, 4.69) is 11.3 Å². The van der Waals surface area contributed by atoms with E-state index in [0.29, 0.717) is 13.1 Å². The summed E-state index contributed by atoms with van der Waals surface area (Å²) in [7, 11) is -1.21. The lowest BCUT2D eigenvalue weighted by Crippen LogP contribution is -2.59. The Labute approximate surface area is 166 Å². The average Bonchev–Trinajstić information content (AvgIpc) is 2.91. The van der Waals surface area contributed by atoms with Crippen LogP contribution < -0.4 is 4.72 Å². The number of nitrogens with one attached hydrogen (secondary N) is 1. The van der Waals surface area contributed by atoms with Crippen molar-refractivity contribution in [2.24, 2.45) is 5.41 Å². The first-order valence-corrected chi connectivity index (χ1v) is 10.9. The van der Waals surface area contributed by atoms with Crippen LogP contribution in [0.25, 0.3) is 0 Å². The number of carbonyl (C=O) groups excluding carboxylic acids is 1. The monoisotopic (exact) mass is 400 g/mol. The zero-order valence-corrected chi connectivity index (χ0v) is 18.5. The Morgan fingerprint density at radius 1 is 1.26 bits per heavy atom. The Morgan fingerprint density at radius 2 is 1.93 bits per heavy atom. The van der Waals surface area contributed by atoms with Crippen LogP contribution in [-0.2, 0) is 20.5 Å². The van der Waals surface area contributed by atoms with Crippen LogP contribution in [-0.4, -0.2) is 50.8 Å². The van der Waals surface area contributed by atoms with Crippen molar-refractivity contribution in [2.45, 2.75) is 89.7 Å². The van der Waals surface area contributed by atoms with Gasteiger partial charge >= 0.3 is 6.09 Å². The number of ether oxygens (including phenoxy) is 2. The van der Waals surface area contributed by atoms with Crippen LogP contribution in [0.1, 0.15) is 67.2 Å². The smallest absolute Gasteiger partial charge is 0.410 e.